The van der Waals surface area contributed by atoms with Gasteiger partial charge in [-0.05, 0) is 41.3 Å². The molecule has 12 heavy (non-hydrogen) atoms. The van der Waals surface area contributed by atoms with Crippen LogP contribution >= 0.6 is 27.3 Å². The first-order valence-electron chi connectivity index (χ1n) is 3.93. The third-order valence-electron chi connectivity index (χ3n) is 1.58. The topological polar surface area (TPSA) is 23.8 Å². The van der Waals surface area contributed by atoms with Gasteiger partial charge < -0.3 is 0 Å². The molecule has 1 nitrogen and oxygen atoms in total. The molecule has 0 saturated heterocycles. The van der Waals surface area contributed by atoms with Crippen molar-refractivity contribution in [3.05, 3.63) is 20.8 Å². The van der Waals surface area contributed by atoms with E-state index >= 15 is 0 Å². The number of rotatable bonds is 4. The first kappa shape index (κ1) is 9.76. The van der Waals surface area contributed by atoms with Gasteiger partial charge in [0.15, 0.2) is 0 Å². The van der Waals surface area contributed by atoms with Crippen LogP contribution in [0.3, 0.4) is 0 Å². The summed E-state index contributed by atoms with van der Waals surface area (Å²) in [5.41, 5.74) is 0. The molecule has 0 spiro atoms. The molecule has 0 fully saturated rings. The molecule has 0 unspecified atom stereocenters. The SMILES string of the molecule is N#CCCCCc1cc(Br)cs1. The summed E-state index contributed by atoms with van der Waals surface area (Å²) in [6.45, 7) is 0. The number of hydrogen-bond acceptors (Lipinski definition) is 2. The predicted molar refractivity (Wildman–Crippen MR) is 55.2 cm³/mol. The Kier molecular flexibility index (Phi) is 4.34. The second kappa shape index (κ2) is 5.34. The molecule has 0 N–H and O–H groups in total. The predicted octanol–water partition coefficient (Wildman–Crippen LogP) is 3.75. The van der Waals surface area contributed by atoms with E-state index in [9.17, 15) is 0 Å². The van der Waals surface area contributed by atoms with E-state index in [0.717, 1.165) is 19.3 Å². The van der Waals surface area contributed by atoms with Crippen LogP contribution < -0.4 is 0 Å². The van der Waals surface area contributed by atoms with E-state index in [4.69, 9.17) is 5.26 Å². The number of nitrogens with zero attached hydrogens (tertiary/aromatic N) is 1. The minimum absolute atomic E-state index is 0.687. The van der Waals surface area contributed by atoms with Gasteiger partial charge in [-0.1, -0.05) is 0 Å². The quantitative estimate of drug-likeness (QED) is 0.740. The van der Waals surface area contributed by atoms with Crippen molar-refractivity contribution >= 4 is 27.3 Å². The molecule has 1 aromatic rings. The summed E-state index contributed by atoms with van der Waals surface area (Å²) in [7, 11) is 0. The lowest BCUT2D eigenvalue weighted by Gasteiger charge is -1.92. The molecule has 0 radical (unpaired) electrons. The lowest BCUT2D eigenvalue weighted by molar-refractivity contribution is 0.759. The van der Waals surface area contributed by atoms with Crippen molar-refractivity contribution in [3.8, 4) is 6.07 Å². The highest BCUT2D eigenvalue weighted by atomic mass is 79.9. The van der Waals surface area contributed by atoms with Crippen molar-refractivity contribution in [2.75, 3.05) is 0 Å². The second-order valence-corrected chi connectivity index (χ2v) is 4.51. The lowest BCUT2D eigenvalue weighted by atomic mass is 10.2. The van der Waals surface area contributed by atoms with Gasteiger partial charge >= 0.3 is 0 Å². The maximum Gasteiger partial charge on any atom is 0.0621 e. The highest BCUT2D eigenvalue weighted by Gasteiger charge is 1.96. The van der Waals surface area contributed by atoms with E-state index in [1.54, 1.807) is 11.3 Å². The van der Waals surface area contributed by atoms with Crippen LogP contribution in [0.15, 0.2) is 15.9 Å². The third kappa shape index (κ3) is 3.38. The molecule has 0 atom stereocenters. The summed E-state index contributed by atoms with van der Waals surface area (Å²) in [6.07, 6.45) is 3.94. The van der Waals surface area contributed by atoms with Crippen LogP contribution in [-0.2, 0) is 6.42 Å². The summed E-state index contributed by atoms with van der Waals surface area (Å²) in [5, 5.41) is 10.4. The Morgan fingerprint density at radius 3 is 2.92 bits per heavy atom. The first-order chi connectivity index (χ1) is 5.83. The Hall–Kier alpha value is -0.330. The molecule has 0 aliphatic heterocycles. The van der Waals surface area contributed by atoms with Crippen molar-refractivity contribution in [2.24, 2.45) is 0 Å². The van der Waals surface area contributed by atoms with Crippen molar-refractivity contribution in [1.82, 2.24) is 0 Å². The highest BCUT2D eigenvalue weighted by Crippen LogP contribution is 2.21. The molecule has 0 saturated carbocycles. The van der Waals surface area contributed by atoms with Crippen LogP contribution in [0.1, 0.15) is 24.1 Å². The van der Waals surface area contributed by atoms with Gasteiger partial charge in [-0.2, -0.15) is 5.26 Å². The minimum atomic E-state index is 0.687. The summed E-state index contributed by atoms with van der Waals surface area (Å²) in [6, 6.07) is 4.30. The van der Waals surface area contributed by atoms with Crippen LogP contribution in [0.4, 0.5) is 0 Å². The number of thiophene rings is 1. The van der Waals surface area contributed by atoms with Crippen molar-refractivity contribution < 1.29 is 0 Å². The van der Waals surface area contributed by atoms with Crippen molar-refractivity contribution in [3.63, 3.8) is 0 Å². The van der Waals surface area contributed by atoms with Gasteiger partial charge in [-0.3, -0.25) is 0 Å². The molecule has 3 heteroatoms. The molecule has 0 aliphatic rings. The van der Waals surface area contributed by atoms with Gasteiger partial charge in [0.2, 0.25) is 0 Å². The number of nitriles is 1. The summed E-state index contributed by atoms with van der Waals surface area (Å²) < 4.78 is 1.17. The average Bonchev–Trinajstić information content (AvgIpc) is 2.45. The Morgan fingerprint density at radius 1 is 1.50 bits per heavy atom. The van der Waals surface area contributed by atoms with Gasteiger partial charge in [-0.15, -0.1) is 11.3 Å². The smallest absolute Gasteiger partial charge is 0.0621 e. The van der Waals surface area contributed by atoms with Crippen LogP contribution in [-0.4, -0.2) is 0 Å². The number of halogens is 1. The molecule has 0 aliphatic carbocycles. The highest BCUT2D eigenvalue weighted by molar-refractivity contribution is 9.10. The Balaban J connectivity index is 2.21. The van der Waals surface area contributed by atoms with Crippen molar-refractivity contribution in [1.29, 1.82) is 5.26 Å². The molecule has 1 heterocycles. The van der Waals surface area contributed by atoms with E-state index in [0.29, 0.717) is 6.42 Å². The van der Waals surface area contributed by atoms with Crippen LogP contribution in [0, 0.1) is 11.3 Å². The van der Waals surface area contributed by atoms with E-state index in [2.05, 4.69) is 33.4 Å². The van der Waals surface area contributed by atoms with E-state index in [1.807, 2.05) is 0 Å². The maximum absolute atomic E-state index is 8.31. The van der Waals surface area contributed by atoms with Gasteiger partial charge in [0.25, 0.3) is 0 Å². The van der Waals surface area contributed by atoms with E-state index in [1.165, 1.54) is 9.35 Å². The fourth-order valence-electron chi connectivity index (χ4n) is 0.988. The zero-order chi connectivity index (χ0) is 8.81. The molecular formula is C9H10BrNS. The molecule has 0 aromatic carbocycles. The summed E-state index contributed by atoms with van der Waals surface area (Å²) in [5.74, 6) is 0. The molecule has 0 bridgehead atoms. The van der Waals surface area contributed by atoms with E-state index < -0.39 is 0 Å². The zero-order valence-corrected chi connectivity index (χ0v) is 9.12. The van der Waals surface area contributed by atoms with Gasteiger partial charge in [-0.25, -0.2) is 0 Å². The standard InChI is InChI=1S/C9H10BrNS/c10-8-6-9(12-7-8)4-2-1-3-5-11/h6-7H,1-4H2. The van der Waals surface area contributed by atoms with Gasteiger partial charge in [0, 0.05) is 21.2 Å². The Morgan fingerprint density at radius 2 is 2.33 bits per heavy atom. The number of unbranched alkanes of at least 4 members (excludes halogenated alkanes) is 2. The Bertz CT molecular complexity index is 274. The summed E-state index contributed by atoms with van der Waals surface area (Å²) >= 11 is 5.19. The van der Waals surface area contributed by atoms with E-state index in [-0.39, 0.29) is 0 Å². The monoisotopic (exact) mass is 243 g/mol. The summed E-state index contributed by atoms with van der Waals surface area (Å²) in [4.78, 5) is 1.40. The van der Waals surface area contributed by atoms with Gasteiger partial charge in [0.1, 0.15) is 0 Å². The normalized spacial score (nSPS) is 9.67. The molecule has 1 aromatic heterocycles. The first-order valence-corrected chi connectivity index (χ1v) is 5.60. The van der Waals surface area contributed by atoms with Crippen LogP contribution in [0.25, 0.3) is 0 Å². The van der Waals surface area contributed by atoms with Gasteiger partial charge in [0.05, 0.1) is 6.07 Å². The van der Waals surface area contributed by atoms with Crippen molar-refractivity contribution in [2.45, 2.75) is 25.7 Å². The van der Waals surface area contributed by atoms with Crippen LogP contribution in [0.5, 0.6) is 0 Å². The third-order valence-corrected chi connectivity index (χ3v) is 3.34. The zero-order valence-electron chi connectivity index (χ0n) is 6.72. The average molecular weight is 244 g/mol. The minimum Gasteiger partial charge on any atom is -0.198 e. The fraction of sp³-hybridized carbons (Fsp3) is 0.444. The number of hydrogen-bond donors (Lipinski definition) is 0. The molecule has 0 amide bonds. The Labute approximate surface area is 85.2 Å². The molecule has 64 valence electrons. The molecule has 1 rings (SSSR count). The fourth-order valence-corrected chi connectivity index (χ4v) is 2.49. The largest absolute Gasteiger partial charge is 0.198 e. The van der Waals surface area contributed by atoms with Crippen LogP contribution in [0.2, 0.25) is 0 Å². The number of aryl methyl sites for hydroxylation is 1. The lowest BCUT2D eigenvalue weighted by Crippen LogP contribution is -1.79. The second-order valence-electron chi connectivity index (χ2n) is 2.60. The maximum atomic E-state index is 8.31. The molecular weight excluding hydrogens is 234 g/mol.